The van der Waals surface area contributed by atoms with E-state index in [1.807, 2.05) is 23.7 Å². The van der Waals surface area contributed by atoms with Crippen LogP contribution >= 0.6 is 0 Å². The van der Waals surface area contributed by atoms with E-state index in [2.05, 4.69) is 25.6 Å². The topological polar surface area (TPSA) is 96.9 Å². The fourth-order valence-electron chi connectivity index (χ4n) is 4.71. The van der Waals surface area contributed by atoms with Crippen LogP contribution in [0.4, 0.5) is 19.0 Å². The quantitative estimate of drug-likeness (QED) is 0.283. The molecule has 0 saturated heterocycles. The largest absolute Gasteiger partial charge is 0.430 e. The van der Waals surface area contributed by atoms with Gasteiger partial charge in [0.05, 0.1) is 11.8 Å². The van der Waals surface area contributed by atoms with E-state index < -0.39 is 17.7 Å². The molecule has 5 aromatic rings. The lowest BCUT2D eigenvalue weighted by Gasteiger charge is -2.33. The van der Waals surface area contributed by atoms with Crippen LogP contribution in [0, 0.1) is 0 Å². The van der Waals surface area contributed by atoms with Crippen molar-refractivity contribution in [2.24, 2.45) is 7.05 Å². The molecule has 1 amide bonds. The van der Waals surface area contributed by atoms with Crippen molar-refractivity contribution in [3.05, 3.63) is 78.1 Å². The molecule has 3 heterocycles. The number of carbonyl (C=O) groups is 1. The number of benzene rings is 2. The lowest BCUT2D eigenvalue weighted by atomic mass is 9.91. The number of aryl methyl sites for hydroxylation is 1. The second-order valence-corrected chi connectivity index (χ2v) is 8.84. The molecule has 0 bridgehead atoms. The first-order valence-corrected chi connectivity index (χ1v) is 11.8. The highest BCUT2D eigenvalue weighted by Crippen LogP contribution is 2.42. The van der Waals surface area contributed by atoms with E-state index in [-0.39, 0.29) is 12.1 Å². The first kappa shape index (κ1) is 25.3. The monoisotopic (exact) mass is 522 g/mol. The highest BCUT2D eigenvalue weighted by molar-refractivity contribution is 6.07. The molecule has 11 heteroatoms. The predicted molar refractivity (Wildman–Crippen MR) is 138 cm³/mol. The fourth-order valence-corrected chi connectivity index (χ4v) is 4.71. The van der Waals surface area contributed by atoms with Crippen molar-refractivity contribution < 1.29 is 22.7 Å². The van der Waals surface area contributed by atoms with E-state index in [1.165, 1.54) is 24.3 Å². The highest BCUT2D eigenvalue weighted by Gasteiger charge is 2.62. The van der Waals surface area contributed by atoms with Gasteiger partial charge in [-0.1, -0.05) is 48.5 Å². The Morgan fingerprint density at radius 1 is 1.11 bits per heavy atom. The number of fused-ring (bicyclic) bond motifs is 3. The number of H-pyrrole nitrogens is 1. The molecule has 196 valence electrons. The zero-order chi connectivity index (χ0) is 27.1. The minimum Gasteiger partial charge on any atom is -0.371 e. The lowest BCUT2D eigenvalue weighted by molar-refractivity contribution is -0.265. The molecule has 0 spiro atoms. The Hall–Kier alpha value is -4.38. The van der Waals surface area contributed by atoms with Crippen LogP contribution < -0.4 is 10.6 Å². The molecule has 38 heavy (non-hydrogen) atoms. The summed E-state index contributed by atoms with van der Waals surface area (Å²) in [6, 6.07) is 16.0. The Kier molecular flexibility index (Phi) is 6.31. The van der Waals surface area contributed by atoms with Gasteiger partial charge in [-0.15, -0.1) is 0 Å². The Labute approximate surface area is 215 Å². The molecule has 0 aliphatic carbocycles. The molecule has 1 atom stereocenters. The van der Waals surface area contributed by atoms with Crippen LogP contribution in [0.5, 0.6) is 0 Å². The van der Waals surface area contributed by atoms with Gasteiger partial charge < -0.3 is 24.9 Å². The third-order valence-corrected chi connectivity index (χ3v) is 6.57. The average Bonchev–Trinajstić information content (AvgIpc) is 3.51. The number of halogens is 3. The molecule has 0 aliphatic heterocycles. The molecule has 0 saturated carbocycles. The third-order valence-electron chi connectivity index (χ3n) is 6.57. The number of aromatic nitrogens is 4. The fraction of sp³-hybridized carbons (Fsp3) is 0.222. The number of pyridine rings is 1. The van der Waals surface area contributed by atoms with Crippen molar-refractivity contribution in [1.29, 1.82) is 0 Å². The number of hydrogen-bond donors (Lipinski definition) is 3. The van der Waals surface area contributed by atoms with Gasteiger partial charge in [-0.25, -0.2) is 9.97 Å². The van der Waals surface area contributed by atoms with Gasteiger partial charge in [0, 0.05) is 44.4 Å². The van der Waals surface area contributed by atoms with Crippen LogP contribution in [0.3, 0.4) is 0 Å². The maximum Gasteiger partial charge on any atom is 0.430 e. The Balaban J connectivity index is 1.45. The second-order valence-electron chi connectivity index (χ2n) is 8.84. The normalized spacial score (nSPS) is 13.5. The Morgan fingerprint density at radius 2 is 1.87 bits per heavy atom. The van der Waals surface area contributed by atoms with Gasteiger partial charge in [0.2, 0.25) is 0 Å². The van der Waals surface area contributed by atoms with Gasteiger partial charge in [-0.3, -0.25) is 4.79 Å². The van der Waals surface area contributed by atoms with Crippen LogP contribution in [0.15, 0.2) is 67.0 Å². The minimum absolute atomic E-state index is 0.130. The Morgan fingerprint density at radius 3 is 2.55 bits per heavy atom. The summed E-state index contributed by atoms with van der Waals surface area (Å²) < 4.78 is 49.3. The summed E-state index contributed by atoms with van der Waals surface area (Å²) in [4.78, 5) is 25.4. The van der Waals surface area contributed by atoms with Crippen LogP contribution in [-0.4, -0.2) is 45.8 Å². The molecular weight excluding hydrogens is 497 g/mol. The van der Waals surface area contributed by atoms with Gasteiger partial charge in [0.15, 0.2) is 5.82 Å². The molecule has 3 aromatic heterocycles. The summed E-state index contributed by atoms with van der Waals surface area (Å²) in [5, 5.41) is 6.36. The number of amides is 1. The van der Waals surface area contributed by atoms with Crippen molar-refractivity contribution >= 4 is 33.8 Å². The number of hydrogen-bond acceptors (Lipinski definition) is 5. The SMILES string of the molecule is CNc1nc2[nH]c(-c3cccc(CNC(=O)[C@@](OC)(c4ccccc4)C(F)(F)F)c3)cc2c2c1ncn2C. The van der Waals surface area contributed by atoms with Crippen molar-refractivity contribution in [3.63, 3.8) is 0 Å². The number of aromatic amines is 1. The average molecular weight is 523 g/mol. The number of carbonyl (C=O) groups excluding carboxylic acids is 1. The summed E-state index contributed by atoms with van der Waals surface area (Å²) in [5.41, 5.74) is 1.06. The zero-order valence-corrected chi connectivity index (χ0v) is 20.8. The maximum atomic E-state index is 14.2. The summed E-state index contributed by atoms with van der Waals surface area (Å²) in [7, 11) is 4.56. The van der Waals surface area contributed by atoms with Gasteiger partial charge in [-0.05, 0) is 23.3 Å². The van der Waals surface area contributed by atoms with E-state index >= 15 is 0 Å². The number of ether oxygens (including phenoxy) is 1. The van der Waals surface area contributed by atoms with Crippen LogP contribution in [-0.2, 0) is 28.7 Å². The number of nitrogens with zero attached hydrogens (tertiary/aromatic N) is 3. The maximum absolute atomic E-state index is 14.2. The highest BCUT2D eigenvalue weighted by atomic mass is 19.4. The van der Waals surface area contributed by atoms with E-state index in [0.29, 0.717) is 17.0 Å². The molecule has 0 fully saturated rings. The Bertz CT molecular complexity index is 1630. The number of anilines is 1. The van der Waals surface area contributed by atoms with Crippen LogP contribution in [0.25, 0.3) is 33.3 Å². The summed E-state index contributed by atoms with van der Waals surface area (Å²) in [5.74, 6) is -0.653. The first-order valence-electron chi connectivity index (χ1n) is 11.8. The van der Waals surface area contributed by atoms with Crippen molar-refractivity contribution in [3.8, 4) is 11.3 Å². The molecule has 0 aliphatic rings. The number of methoxy groups -OCH3 is 1. The summed E-state index contributed by atoms with van der Waals surface area (Å²) >= 11 is 0. The van der Waals surface area contributed by atoms with Gasteiger partial charge in [0.25, 0.3) is 11.5 Å². The number of rotatable bonds is 7. The van der Waals surface area contributed by atoms with E-state index in [4.69, 9.17) is 4.74 Å². The van der Waals surface area contributed by atoms with Crippen molar-refractivity contribution in [2.75, 3.05) is 19.5 Å². The number of alkyl halides is 3. The van der Waals surface area contributed by atoms with E-state index in [9.17, 15) is 18.0 Å². The van der Waals surface area contributed by atoms with Crippen molar-refractivity contribution in [2.45, 2.75) is 18.3 Å². The first-order chi connectivity index (χ1) is 18.2. The molecule has 0 radical (unpaired) electrons. The molecule has 0 unspecified atom stereocenters. The van der Waals surface area contributed by atoms with Crippen molar-refractivity contribution in [1.82, 2.24) is 24.8 Å². The smallest absolute Gasteiger partial charge is 0.371 e. The van der Waals surface area contributed by atoms with Gasteiger partial charge in [0.1, 0.15) is 11.2 Å². The van der Waals surface area contributed by atoms with E-state index in [0.717, 1.165) is 34.8 Å². The minimum atomic E-state index is -4.98. The summed E-state index contributed by atoms with van der Waals surface area (Å²) in [6.07, 6.45) is -3.26. The molecular formula is C27H25F3N6O2. The summed E-state index contributed by atoms with van der Waals surface area (Å²) in [6.45, 7) is -0.130. The standard InChI is InChI=1S/C27H25F3N6O2/c1-31-24-21-22(36(2)15-33-21)19-13-20(34-23(19)35-24)17-9-7-8-16(12-17)14-32-25(37)26(38-3,27(28,29)30)18-10-5-4-6-11-18/h4-13,15H,14H2,1-3H3,(H,32,37)(H2,31,34,35)/t26-/m0/s1. The van der Waals surface area contributed by atoms with Gasteiger partial charge >= 0.3 is 6.18 Å². The zero-order valence-electron chi connectivity index (χ0n) is 20.8. The van der Waals surface area contributed by atoms with Gasteiger partial charge in [-0.2, -0.15) is 13.2 Å². The van der Waals surface area contributed by atoms with E-state index in [1.54, 1.807) is 37.6 Å². The predicted octanol–water partition coefficient (Wildman–Crippen LogP) is 4.88. The second kappa shape index (κ2) is 9.49. The number of nitrogens with one attached hydrogen (secondary N) is 3. The number of imidazole rings is 1. The third kappa shape index (κ3) is 4.04. The van der Waals surface area contributed by atoms with Crippen LogP contribution in [0.2, 0.25) is 0 Å². The molecule has 3 N–H and O–H groups in total. The van der Waals surface area contributed by atoms with Crippen LogP contribution in [0.1, 0.15) is 11.1 Å². The molecule has 8 nitrogen and oxygen atoms in total. The lowest BCUT2D eigenvalue weighted by Crippen LogP contribution is -2.55. The molecule has 2 aromatic carbocycles. The molecule has 5 rings (SSSR count).